The van der Waals surface area contributed by atoms with Gasteiger partial charge < -0.3 is 5.11 Å². The van der Waals surface area contributed by atoms with E-state index in [2.05, 4.69) is 32.1 Å². The minimum atomic E-state index is 0. The van der Waals surface area contributed by atoms with Gasteiger partial charge in [0.05, 0.1) is 0 Å². The van der Waals surface area contributed by atoms with Crippen molar-refractivity contribution in [2.24, 2.45) is 28.6 Å². The van der Waals surface area contributed by atoms with Gasteiger partial charge in [-0.15, -0.1) is 5.76 Å². The Morgan fingerprint density at radius 2 is 1.95 bits per heavy atom. The Balaban J connectivity index is 0.00000132. The van der Waals surface area contributed by atoms with E-state index in [1.54, 1.807) is 0 Å². The Labute approximate surface area is 150 Å². The third-order valence-electron chi connectivity index (χ3n) is 7.06. The molecule has 1 saturated carbocycles. The molecule has 4 aliphatic carbocycles. The van der Waals surface area contributed by atoms with E-state index in [4.69, 9.17) is 0 Å². The molecule has 0 aromatic heterocycles. The molecule has 0 radical (unpaired) electrons. The molecule has 0 heterocycles. The van der Waals surface area contributed by atoms with Crippen LogP contribution in [0.3, 0.4) is 0 Å². The normalized spacial score (nSPS) is 47.4. The number of hydrogen-bond donors (Lipinski definition) is 0. The molecule has 5 atom stereocenters. The Hall–Kier alpha value is 0.0200. The van der Waals surface area contributed by atoms with Crippen molar-refractivity contribution < 1.29 is 34.7 Å². The smallest absolute Gasteiger partial charge is 0.875 e. The second kappa shape index (κ2) is 5.28. The molecular formula is C19H25NaO. The second-order valence-corrected chi connectivity index (χ2v) is 7.98. The Morgan fingerprint density at radius 1 is 1.14 bits per heavy atom. The molecule has 0 bridgehead atoms. The fraction of sp³-hybridized carbons (Fsp3) is 0.684. The molecule has 0 saturated heterocycles. The molecule has 1 nitrogen and oxygen atoms in total. The first-order valence-electron chi connectivity index (χ1n) is 8.29. The van der Waals surface area contributed by atoms with Crippen LogP contribution >= 0.6 is 0 Å². The standard InChI is InChI=1S/C19H26O.Na/c1-18-9-3-4-16(18)15-6-5-13-12-14(20)7-11-19(13,2)17(15)8-10-18;/h3,5,9,12,15-17,20H,4,6-8,10-11H2,1-2H3;/q;+1/p-1. The fourth-order valence-corrected chi connectivity index (χ4v) is 5.78. The molecular weight excluding hydrogens is 267 g/mol. The Bertz CT molecular complexity index is 532. The van der Waals surface area contributed by atoms with Crippen molar-refractivity contribution in [1.82, 2.24) is 0 Å². The molecule has 0 N–H and O–H groups in total. The fourth-order valence-electron chi connectivity index (χ4n) is 5.78. The summed E-state index contributed by atoms with van der Waals surface area (Å²) in [7, 11) is 0. The van der Waals surface area contributed by atoms with E-state index in [1.807, 2.05) is 6.08 Å². The maximum atomic E-state index is 11.7. The first-order valence-corrected chi connectivity index (χ1v) is 8.29. The van der Waals surface area contributed by atoms with Crippen LogP contribution in [0, 0.1) is 28.6 Å². The summed E-state index contributed by atoms with van der Waals surface area (Å²) in [6, 6.07) is 0. The number of fused-ring (bicyclic) bond motifs is 5. The maximum Gasteiger partial charge on any atom is 1.00 e. The van der Waals surface area contributed by atoms with E-state index in [0.29, 0.717) is 11.2 Å². The quantitative estimate of drug-likeness (QED) is 0.482. The van der Waals surface area contributed by atoms with Crippen molar-refractivity contribution >= 4 is 0 Å². The van der Waals surface area contributed by atoms with E-state index in [-0.39, 0.29) is 35.0 Å². The van der Waals surface area contributed by atoms with Gasteiger partial charge in [0.1, 0.15) is 0 Å². The molecule has 108 valence electrons. The summed E-state index contributed by atoms with van der Waals surface area (Å²) in [6.45, 7) is 4.90. The first-order chi connectivity index (χ1) is 9.53. The van der Waals surface area contributed by atoms with E-state index < -0.39 is 0 Å². The summed E-state index contributed by atoms with van der Waals surface area (Å²) in [5.41, 5.74) is 2.10. The van der Waals surface area contributed by atoms with Crippen LogP contribution in [-0.2, 0) is 0 Å². The minimum absolute atomic E-state index is 0. The third-order valence-corrected chi connectivity index (χ3v) is 7.06. The van der Waals surface area contributed by atoms with Crippen molar-refractivity contribution in [2.45, 2.75) is 52.4 Å². The van der Waals surface area contributed by atoms with Gasteiger partial charge in [0.25, 0.3) is 0 Å². The number of hydrogen-bond acceptors (Lipinski definition) is 1. The van der Waals surface area contributed by atoms with Crippen molar-refractivity contribution in [3.8, 4) is 0 Å². The van der Waals surface area contributed by atoms with Crippen LogP contribution in [0.1, 0.15) is 52.4 Å². The van der Waals surface area contributed by atoms with Crippen LogP contribution in [0.5, 0.6) is 0 Å². The molecule has 4 rings (SSSR count). The van der Waals surface area contributed by atoms with E-state index >= 15 is 0 Å². The van der Waals surface area contributed by atoms with Crippen molar-refractivity contribution in [3.05, 3.63) is 35.6 Å². The van der Waals surface area contributed by atoms with Gasteiger partial charge in [0, 0.05) is 0 Å². The number of allylic oxidation sites excluding steroid dienone is 6. The predicted molar refractivity (Wildman–Crippen MR) is 79.7 cm³/mol. The minimum Gasteiger partial charge on any atom is -0.875 e. The average molecular weight is 292 g/mol. The molecule has 2 heteroatoms. The van der Waals surface area contributed by atoms with Gasteiger partial charge in [-0.1, -0.05) is 38.2 Å². The zero-order valence-corrected chi connectivity index (χ0v) is 15.7. The van der Waals surface area contributed by atoms with E-state index in [9.17, 15) is 5.11 Å². The van der Waals surface area contributed by atoms with Crippen molar-refractivity contribution in [2.75, 3.05) is 0 Å². The summed E-state index contributed by atoms with van der Waals surface area (Å²) in [5.74, 6) is 2.81. The van der Waals surface area contributed by atoms with Gasteiger partial charge in [-0.05, 0) is 72.7 Å². The molecule has 0 spiro atoms. The second-order valence-electron chi connectivity index (χ2n) is 7.98. The van der Waals surface area contributed by atoms with Crippen LogP contribution in [-0.4, -0.2) is 0 Å². The van der Waals surface area contributed by atoms with Gasteiger partial charge in [-0.25, -0.2) is 0 Å². The zero-order valence-electron chi connectivity index (χ0n) is 13.7. The topological polar surface area (TPSA) is 23.1 Å². The van der Waals surface area contributed by atoms with Crippen LogP contribution < -0.4 is 34.7 Å². The van der Waals surface area contributed by atoms with Crippen LogP contribution in [0.15, 0.2) is 35.6 Å². The Kier molecular flexibility index (Phi) is 4.00. The largest absolute Gasteiger partial charge is 1.00 e. The monoisotopic (exact) mass is 292 g/mol. The number of rotatable bonds is 0. The van der Waals surface area contributed by atoms with Gasteiger partial charge in [-0.2, -0.15) is 0 Å². The van der Waals surface area contributed by atoms with Crippen LogP contribution in [0.2, 0.25) is 0 Å². The molecule has 4 aliphatic rings. The zero-order chi connectivity index (χ0) is 14.0. The van der Waals surface area contributed by atoms with Crippen LogP contribution in [0.25, 0.3) is 0 Å². The summed E-state index contributed by atoms with van der Waals surface area (Å²) in [6.07, 6.45) is 16.3. The summed E-state index contributed by atoms with van der Waals surface area (Å²) >= 11 is 0. The average Bonchev–Trinajstić information content (AvgIpc) is 2.81. The van der Waals surface area contributed by atoms with Crippen molar-refractivity contribution in [3.63, 3.8) is 0 Å². The molecule has 5 unspecified atom stereocenters. The van der Waals surface area contributed by atoms with Gasteiger partial charge in [0.15, 0.2) is 0 Å². The maximum absolute atomic E-state index is 11.7. The van der Waals surface area contributed by atoms with E-state index in [1.165, 1.54) is 31.3 Å². The Morgan fingerprint density at radius 3 is 2.76 bits per heavy atom. The van der Waals surface area contributed by atoms with Gasteiger partial charge >= 0.3 is 29.6 Å². The molecule has 1 fully saturated rings. The molecule has 0 aromatic rings. The van der Waals surface area contributed by atoms with Gasteiger partial charge in [0.2, 0.25) is 0 Å². The van der Waals surface area contributed by atoms with Crippen LogP contribution in [0.4, 0.5) is 0 Å². The first kappa shape index (κ1) is 15.9. The molecule has 0 amide bonds. The third kappa shape index (κ3) is 2.23. The summed E-state index contributed by atoms with van der Waals surface area (Å²) < 4.78 is 0. The summed E-state index contributed by atoms with van der Waals surface area (Å²) in [5, 5.41) is 11.7. The van der Waals surface area contributed by atoms with E-state index in [0.717, 1.165) is 30.6 Å². The predicted octanol–water partition coefficient (Wildman–Crippen LogP) is 0.973. The molecule has 0 aromatic carbocycles. The molecule has 0 aliphatic heterocycles. The summed E-state index contributed by atoms with van der Waals surface area (Å²) in [4.78, 5) is 0. The molecule has 21 heavy (non-hydrogen) atoms. The van der Waals surface area contributed by atoms with Gasteiger partial charge in [-0.3, -0.25) is 0 Å². The van der Waals surface area contributed by atoms with Crippen molar-refractivity contribution in [1.29, 1.82) is 0 Å². The SMILES string of the molecule is CC12C=CCC1C1CC=C3C=C([O-])CCC3(C)C1CC2.[Na+].